The van der Waals surface area contributed by atoms with Crippen molar-refractivity contribution in [3.63, 3.8) is 0 Å². The normalized spacial score (nSPS) is 15.2. The summed E-state index contributed by atoms with van der Waals surface area (Å²) in [4.78, 5) is 12.7. The quantitative estimate of drug-likeness (QED) is 0.602. The number of amides is 1. The molecule has 0 bridgehead atoms. The fraction of sp³-hybridized carbons (Fsp3) is 0.316. The SMILES string of the molecule is COc1ccc(S(=O)(=O)NCCNC(=O)C2(c3ccc(Br)cc3)CC2)cc1. The van der Waals surface area contributed by atoms with E-state index in [1.165, 1.54) is 19.2 Å². The van der Waals surface area contributed by atoms with Crippen molar-refractivity contribution in [3.8, 4) is 5.75 Å². The zero-order valence-corrected chi connectivity index (χ0v) is 17.3. The molecule has 2 aromatic rings. The predicted octanol–water partition coefficient (Wildman–Crippen LogP) is 2.58. The van der Waals surface area contributed by atoms with Gasteiger partial charge in [-0.3, -0.25) is 4.79 Å². The third-order valence-corrected chi connectivity index (χ3v) is 6.66. The molecule has 1 aliphatic carbocycles. The van der Waals surface area contributed by atoms with Gasteiger partial charge in [-0.05, 0) is 54.8 Å². The summed E-state index contributed by atoms with van der Waals surface area (Å²) in [6, 6.07) is 13.9. The van der Waals surface area contributed by atoms with Gasteiger partial charge in [0, 0.05) is 17.6 Å². The average Bonchev–Trinajstić information content (AvgIpc) is 3.48. The van der Waals surface area contributed by atoms with E-state index >= 15 is 0 Å². The third-order valence-electron chi connectivity index (χ3n) is 4.65. The highest BCUT2D eigenvalue weighted by atomic mass is 79.9. The predicted molar refractivity (Wildman–Crippen MR) is 106 cm³/mol. The number of carbonyl (C=O) groups excluding carboxylic acids is 1. The van der Waals surface area contributed by atoms with Crippen LogP contribution in [0.3, 0.4) is 0 Å². The van der Waals surface area contributed by atoms with Crippen LogP contribution in [0.15, 0.2) is 57.9 Å². The maximum atomic E-state index is 12.6. The van der Waals surface area contributed by atoms with Crippen molar-refractivity contribution in [2.45, 2.75) is 23.2 Å². The van der Waals surface area contributed by atoms with Gasteiger partial charge in [0.05, 0.1) is 17.4 Å². The Kier molecular flexibility index (Phi) is 5.88. The number of nitrogens with one attached hydrogen (secondary N) is 2. The molecule has 2 aromatic carbocycles. The van der Waals surface area contributed by atoms with Crippen LogP contribution < -0.4 is 14.8 Å². The summed E-state index contributed by atoms with van der Waals surface area (Å²) >= 11 is 3.39. The van der Waals surface area contributed by atoms with Gasteiger partial charge in [-0.1, -0.05) is 28.1 Å². The molecule has 2 N–H and O–H groups in total. The van der Waals surface area contributed by atoms with Crippen molar-refractivity contribution in [3.05, 3.63) is 58.6 Å². The van der Waals surface area contributed by atoms with Crippen LogP contribution in [0.25, 0.3) is 0 Å². The summed E-state index contributed by atoms with van der Waals surface area (Å²) in [6.07, 6.45) is 1.61. The number of sulfonamides is 1. The Labute approximate surface area is 167 Å². The van der Waals surface area contributed by atoms with Gasteiger partial charge in [-0.15, -0.1) is 0 Å². The van der Waals surface area contributed by atoms with E-state index in [-0.39, 0.29) is 23.9 Å². The van der Waals surface area contributed by atoms with Crippen molar-refractivity contribution in [1.82, 2.24) is 10.0 Å². The topological polar surface area (TPSA) is 84.5 Å². The average molecular weight is 453 g/mol. The molecule has 3 rings (SSSR count). The lowest BCUT2D eigenvalue weighted by molar-refractivity contribution is -0.123. The highest BCUT2D eigenvalue weighted by Crippen LogP contribution is 2.48. The molecule has 1 fully saturated rings. The molecule has 8 heteroatoms. The molecule has 0 saturated heterocycles. The Morgan fingerprint density at radius 3 is 2.26 bits per heavy atom. The second-order valence-corrected chi connectivity index (χ2v) is 9.10. The van der Waals surface area contributed by atoms with Gasteiger partial charge < -0.3 is 10.1 Å². The molecular formula is C19H21BrN2O4S. The second kappa shape index (κ2) is 8.00. The van der Waals surface area contributed by atoms with E-state index in [4.69, 9.17) is 4.74 Å². The Morgan fingerprint density at radius 1 is 1.07 bits per heavy atom. The fourth-order valence-corrected chi connectivity index (χ4v) is 4.21. The third kappa shape index (κ3) is 4.51. The first kappa shape index (κ1) is 19.9. The summed E-state index contributed by atoms with van der Waals surface area (Å²) in [5.74, 6) is 0.525. The first-order chi connectivity index (χ1) is 12.9. The highest BCUT2D eigenvalue weighted by molar-refractivity contribution is 9.10. The summed E-state index contributed by atoms with van der Waals surface area (Å²) in [7, 11) is -2.10. The van der Waals surface area contributed by atoms with Crippen LogP contribution in [0.1, 0.15) is 18.4 Å². The van der Waals surface area contributed by atoms with E-state index in [1.54, 1.807) is 12.1 Å². The van der Waals surface area contributed by atoms with Crippen LogP contribution in [-0.2, 0) is 20.2 Å². The zero-order valence-electron chi connectivity index (χ0n) is 14.9. The fourth-order valence-electron chi connectivity index (χ4n) is 2.91. The standard InChI is InChI=1S/C19H21BrN2O4S/c1-26-16-6-8-17(9-7-16)27(24,25)22-13-12-21-18(23)19(10-11-19)14-2-4-15(20)5-3-14/h2-9,22H,10-13H2,1H3,(H,21,23). The Morgan fingerprint density at radius 2 is 1.70 bits per heavy atom. The van der Waals surface area contributed by atoms with E-state index in [0.717, 1.165) is 22.9 Å². The molecule has 27 heavy (non-hydrogen) atoms. The number of benzene rings is 2. The van der Waals surface area contributed by atoms with Crippen LogP contribution in [0.5, 0.6) is 5.75 Å². The van der Waals surface area contributed by atoms with Crippen LogP contribution in [0, 0.1) is 0 Å². The summed E-state index contributed by atoms with van der Waals surface area (Å²) in [5, 5.41) is 2.84. The second-order valence-electron chi connectivity index (χ2n) is 6.42. The molecule has 1 saturated carbocycles. The number of ether oxygens (including phenoxy) is 1. The van der Waals surface area contributed by atoms with Gasteiger partial charge in [0.25, 0.3) is 0 Å². The number of methoxy groups -OCH3 is 1. The smallest absolute Gasteiger partial charge is 0.240 e. The largest absolute Gasteiger partial charge is 0.497 e. The molecule has 0 unspecified atom stereocenters. The Balaban J connectivity index is 1.52. The van der Waals surface area contributed by atoms with Gasteiger partial charge in [0.1, 0.15) is 5.75 Å². The lowest BCUT2D eigenvalue weighted by Crippen LogP contribution is -2.39. The number of hydrogen-bond acceptors (Lipinski definition) is 4. The number of carbonyl (C=O) groups is 1. The van der Waals surface area contributed by atoms with Crippen LogP contribution in [0.4, 0.5) is 0 Å². The van der Waals surface area contributed by atoms with Crippen molar-refractivity contribution in [2.75, 3.05) is 20.2 Å². The molecule has 0 spiro atoms. The molecule has 0 radical (unpaired) electrons. The molecular weight excluding hydrogens is 432 g/mol. The first-order valence-electron chi connectivity index (χ1n) is 8.55. The number of rotatable bonds is 8. The molecule has 0 aromatic heterocycles. The van der Waals surface area contributed by atoms with Crippen LogP contribution in [-0.4, -0.2) is 34.5 Å². The summed E-state index contributed by atoms with van der Waals surface area (Å²) in [5.41, 5.74) is 0.511. The lowest BCUT2D eigenvalue weighted by atomic mass is 9.95. The van der Waals surface area contributed by atoms with Gasteiger partial charge in [-0.25, -0.2) is 13.1 Å². The van der Waals surface area contributed by atoms with Gasteiger partial charge in [0.2, 0.25) is 15.9 Å². The molecule has 1 amide bonds. The zero-order chi connectivity index (χ0) is 19.5. The molecule has 0 aliphatic heterocycles. The number of halogens is 1. The minimum Gasteiger partial charge on any atom is -0.497 e. The molecule has 0 heterocycles. The minimum absolute atomic E-state index is 0.0616. The van der Waals surface area contributed by atoms with Gasteiger partial charge >= 0.3 is 0 Å². The van der Waals surface area contributed by atoms with Crippen LogP contribution >= 0.6 is 15.9 Å². The molecule has 1 aliphatic rings. The maximum absolute atomic E-state index is 12.6. The van der Waals surface area contributed by atoms with Crippen molar-refractivity contribution < 1.29 is 17.9 Å². The Bertz CT molecular complexity index is 908. The highest BCUT2D eigenvalue weighted by Gasteiger charge is 2.50. The van der Waals surface area contributed by atoms with Crippen LogP contribution in [0.2, 0.25) is 0 Å². The molecule has 144 valence electrons. The van der Waals surface area contributed by atoms with Gasteiger partial charge in [0.15, 0.2) is 0 Å². The molecule has 6 nitrogen and oxygen atoms in total. The monoisotopic (exact) mass is 452 g/mol. The van der Waals surface area contributed by atoms with Crippen molar-refractivity contribution >= 4 is 31.9 Å². The summed E-state index contributed by atoms with van der Waals surface area (Å²) < 4.78 is 33.0. The molecule has 0 atom stereocenters. The van der Waals surface area contributed by atoms with E-state index in [2.05, 4.69) is 26.0 Å². The minimum atomic E-state index is -3.62. The number of hydrogen-bond donors (Lipinski definition) is 2. The maximum Gasteiger partial charge on any atom is 0.240 e. The first-order valence-corrected chi connectivity index (χ1v) is 10.8. The van der Waals surface area contributed by atoms with Crippen molar-refractivity contribution in [1.29, 1.82) is 0 Å². The van der Waals surface area contributed by atoms with E-state index < -0.39 is 15.4 Å². The summed E-state index contributed by atoms with van der Waals surface area (Å²) in [6.45, 7) is 0.350. The van der Waals surface area contributed by atoms with E-state index in [0.29, 0.717) is 5.75 Å². The van der Waals surface area contributed by atoms with Crippen molar-refractivity contribution in [2.24, 2.45) is 0 Å². The lowest BCUT2D eigenvalue weighted by Gasteiger charge is -2.16. The van der Waals surface area contributed by atoms with Gasteiger partial charge in [-0.2, -0.15) is 0 Å². The Hall–Kier alpha value is -1.90. The van der Waals surface area contributed by atoms with E-state index in [9.17, 15) is 13.2 Å². The van der Waals surface area contributed by atoms with E-state index in [1.807, 2.05) is 24.3 Å².